The Balaban J connectivity index is 0.000000605. The molecule has 1 aliphatic carbocycles. The second kappa shape index (κ2) is 4.46. The van der Waals surface area contributed by atoms with Gasteiger partial charge < -0.3 is 5.32 Å². The van der Waals surface area contributed by atoms with Crippen molar-refractivity contribution in [2.75, 3.05) is 6.54 Å². The summed E-state index contributed by atoms with van der Waals surface area (Å²) in [5.74, 6) is 1.04. The highest BCUT2D eigenvalue weighted by Crippen LogP contribution is 2.29. The second-order valence-corrected chi connectivity index (χ2v) is 3.75. The molecule has 1 N–H and O–H groups in total. The van der Waals surface area contributed by atoms with Crippen LogP contribution in [-0.4, -0.2) is 12.6 Å². The van der Waals surface area contributed by atoms with Crippen LogP contribution in [0.4, 0.5) is 0 Å². The van der Waals surface area contributed by atoms with Crippen LogP contribution in [0.3, 0.4) is 0 Å². The van der Waals surface area contributed by atoms with Gasteiger partial charge in [0, 0.05) is 6.04 Å². The minimum atomic E-state index is 0. The smallest absolute Gasteiger partial charge is 0.00953 e. The van der Waals surface area contributed by atoms with Gasteiger partial charge in [0.15, 0.2) is 0 Å². The highest BCUT2D eigenvalue weighted by atomic mass is 79.9. The van der Waals surface area contributed by atoms with Crippen LogP contribution in [-0.2, 0) is 0 Å². The van der Waals surface area contributed by atoms with Gasteiger partial charge in [0.25, 0.3) is 0 Å². The molecule has 0 aromatic heterocycles. The minimum absolute atomic E-state index is 0. The first-order valence-corrected chi connectivity index (χ1v) is 4.70. The average molecular weight is 220 g/mol. The van der Waals surface area contributed by atoms with E-state index in [-0.39, 0.29) is 17.0 Å². The maximum absolute atomic E-state index is 3.62. The molecule has 0 amide bonds. The highest BCUT2D eigenvalue weighted by Gasteiger charge is 2.26. The molecule has 0 spiro atoms. The zero-order valence-electron chi connectivity index (χ0n) is 7.01. The van der Waals surface area contributed by atoms with Crippen molar-refractivity contribution in [1.29, 1.82) is 0 Å². The van der Waals surface area contributed by atoms with E-state index < -0.39 is 0 Å². The monoisotopic (exact) mass is 219 g/mol. The maximum Gasteiger partial charge on any atom is 0.00953 e. The second-order valence-electron chi connectivity index (χ2n) is 3.75. The number of piperidine rings is 1. The van der Waals surface area contributed by atoms with E-state index in [1.165, 1.54) is 45.1 Å². The molecule has 1 nitrogen and oxygen atoms in total. The van der Waals surface area contributed by atoms with Crippen molar-refractivity contribution in [3.8, 4) is 0 Å². The quantitative estimate of drug-likeness (QED) is 0.661. The van der Waals surface area contributed by atoms with E-state index in [1.807, 2.05) is 0 Å². The predicted octanol–water partition coefficient (Wildman–Crippen LogP) is 2.51. The molecule has 1 saturated heterocycles. The summed E-state index contributed by atoms with van der Waals surface area (Å²) in [4.78, 5) is 0. The van der Waals surface area contributed by atoms with Gasteiger partial charge in [-0.05, 0) is 38.1 Å². The Labute approximate surface area is 79.7 Å². The average Bonchev–Trinajstić information content (AvgIpc) is 2.05. The van der Waals surface area contributed by atoms with Gasteiger partial charge in [0.05, 0.1) is 0 Å². The fourth-order valence-corrected chi connectivity index (χ4v) is 2.47. The Morgan fingerprint density at radius 3 is 2.45 bits per heavy atom. The zero-order valence-corrected chi connectivity index (χ0v) is 8.73. The van der Waals surface area contributed by atoms with E-state index in [2.05, 4.69) is 5.32 Å². The third kappa shape index (κ3) is 2.19. The number of halogens is 1. The summed E-state index contributed by atoms with van der Waals surface area (Å²) >= 11 is 0. The van der Waals surface area contributed by atoms with Crippen LogP contribution in [0.2, 0.25) is 0 Å². The van der Waals surface area contributed by atoms with Crippen molar-refractivity contribution in [3.05, 3.63) is 0 Å². The van der Waals surface area contributed by atoms with Crippen molar-refractivity contribution in [1.82, 2.24) is 5.32 Å². The van der Waals surface area contributed by atoms with E-state index in [4.69, 9.17) is 0 Å². The molecule has 11 heavy (non-hydrogen) atoms. The normalized spacial score (nSPS) is 37.1. The molecule has 66 valence electrons. The van der Waals surface area contributed by atoms with Crippen LogP contribution in [0, 0.1) is 5.92 Å². The van der Waals surface area contributed by atoms with Crippen LogP contribution in [0.1, 0.15) is 38.5 Å². The van der Waals surface area contributed by atoms with E-state index >= 15 is 0 Å². The van der Waals surface area contributed by atoms with Crippen LogP contribution in [0.5, 0.6) is 0 Å². The molecule has 2 heteroatoms. The van der Waals surface area contributed by atoms with E-state index in [1.54, 1.807) is 0 Å². The lowest BCUT2D eigenvalue weighted by molar-refractivity contribution is 0.212. The molecule has 0 bridgehead atoms. The van der Waals surface area contributed by atoms with E-state index in [0.29, 0.717) is 0 Å². The number of nitrogens with one attached hydrogen (secondary N) is 1. The van der Waals surface area contributed by atoms with Crippen LogP contribution < -0.4 is 5.32 Å². The van der Waals surface area contributed by atoms with Gasteiger partial charge in [-0.3, -0.25) is 0 Å². The van der Waals surface area contributed by atoms with Crippen molar-refractivity contribution in [2.45, 2.75) is 44.6 Å². The molecular weight excluding hydrogens is 202 g/mol. The number of rotatable bonds is 0. The molecule has 2 fully saturated rings. The van der Waals surface area contributed by atoms with Gasteiger partial charge in [-0.2, -0.15) is 0 Å². The summed E-state index contributed by atoms with van der Waals surface area (Å²) in [5.41, 5.74) is 0. The van der Waals surface area contributed by atoms with Gasteiger partial charge in [-0.15, -0.1) is 17.0 Å². The summed E-state index contributed by atoms with van der Waals surface area (Å²) in [6, 6.07) is 0.905. The van der Waals surface area contributed by atoms with Gasteiger partial charge in [0.2, 0.25) is 0 Å². The summed E-state index contributed by atoms with van der Waals surface area (Å²) in [7, 11) is 0. The lowest BCUT2D eigenvalue weighted by Gasteiger charge is -2.36. The van der Waals surface area contributed by atoms with Crippen LogP contribution in [0.25, 0.3) is 0 Å². The maximum atomic E-state index is 3.62. The van der Waals surface area contributed by atoms with E-state index in [0.717, 1.165) is 12.0 Å². The minimum Gasteiger partial charge on any atom is -0.314 e. The third-order valence-corrected chi connectivity index (χ3v) is 3.07. The van der Waals surface area contributed by atoms with Crippen molar-refractivity contribution >= 4 is 17.0 Å². The predicted molar refractivity (Wildman–Crippen MR) is 53.3 cm³/mol. The molecule has 0 aromatic rings. The standard InChI is InChI=1S/C9H17N.BrH/c1-2-6-9-8(4-1)5-3-7-10-9;/h8-10H,1-7H2;1H. The van der Waals surface area contributed by atoms with Gasteiger partial charge in [-0.25, -0.2) is 0 Å². The molecular formula is C9H18BrN. The Hall–Kier alpha value is 0.440. The lowest BCUT2D eigenvalue weighted by atomic mass is 9.80. The molecule has 2 rings (SSSR count). The first kappa shape index (κ1) is 9.53. The highest BCUT2D eigenvalue weighted by molar-refractivity contribution is 8.93. The van der Waals surface area contributed by atoms with Crippen molar-refractivity contribution < 1.29 is 0 Å². The topological polar surface area (TPSA) is 12.0 Å². The molecule has 0 aromatic carbocycles. The van der Waals surface area contributed by atoms with Gasteiger partial charge >= 0.3 is 0 Å². The molecule has 1 heterocycles. The fourth-order valence-electron chi connectivity index (χ4n) is 2.47. The summed E-state index contributed by atoms with van der Waals surface area (Å²) in [6.07, 6.45) is 8.82. The molecule has 2 aliphatic rings. The zero-order chi connectivity index (χ0) is 6.81. The number of fused-ring (bicyclic) bond motifs is 1. The molecule has 0 radical (unpaired) electrons. The van der Waals surface area contributed by atoms with E-state index in [9.17, 15) is 0 Å². The number of hydrogen-bond donors (Lipinski definition) is 1. The molecule has 2 atom stereocenters. The Bertz CT molecular complexity index is 90.1. The summed E-state index contributed by atoms with van der Waals surface area (Å²) in [5, 5.41) is 3.62. The molecule has 2 unspecified atom stereocenters. The SMILES string of the molecule is Br.C1CCC2NCCCC2C1. The van der Waals surface area contributed by atoms with Gasteiger partial charge in [0.1, 0.15) is 0 Å². The Kier molecular flexibility index (Phi) is 3.86. The Morgan fingerprint density at radius 1 is 0.909 bits per heavy atom. The Morgan fingerprint density at radius 2 is 1.64 bits per heavy atom. The fraction of sp³-hybridized carbons (Fsp3) is 1.00. The van der Waals surface area contributed by atoms with Crippen LogP contribution in [0.15, 0.2) is 0 Å². The third-order valence-electron chi connectivity index (χ3n) is 3.07. The summed E-state index contributed by atoms with van der Waals surface area (Å²) in [6.45, 7) is 1.28. The van der Waals surface area contributed by atoms with Crippen LogP contribution >= 0.6 is 17.0 Å². The first-order valence-electron chi connectivity index (χ1n) is 4.70. The largest absolute Gasteiger partial charge is 0.314 e. The van der Waals surface area contributed by atoms with Crippen molar-refractivity contribution in [2.24, 2.45) is 5.92 Å². The molecule has 1 aliphatic heterocycles. The summed E-state index contributed by atoms with van der Waals surface area (Å²) < 4.78 is 0. The lowest BCUT2D eigenvalue weighted by Crippen LogP contribution is -2.42. The van der Waals surface area contributed by atoms with Crippen molar-refractivity contribution in [3.63, 3.8) is 0 Å². The number of hydrogen-bond acceptors (Lipinski definition) is 1. The van der Waals surface area contributed by atoms with Gasteiger partial charge in [-0.1, -0.05) is 12.8 Å². The first-order chi connectivity index (χ1) is 4.97. The molecule has 1 saturated carbocycles.